The van der Waals surface area contributed by atoms with Gasteiger partial charge in [0.05, 0.1) is 0 Å². The highest BCUT2D eigenvalue weighted by Crippen LogP contribution is 2.28. The van der Waals surface area contributed by atoms with E-state index in [1.54, 1.807) is 0 Å². The molecule has 2 heterocycles. The van der Waals surface area contributed by atoms with Crippen molar-refractivity contribution in [2.24, 2.45) is 7.05 Å². The third kappa shape index (κ3) is 3.45. The zero-order valence-electron chi connectivity index (χ0n) is 12.2. The smallest absolute Gasteiger partial charge is 0.110 e. The molecular weight excluding hydrogens is 254 g/mol. The van der Waals surface area contributed by atoms with Gasteiger partial charge in [-0.3, -0.25) is 0 Å². The fraction of sp³-hybridized carbons (Fsp3) is 0.533. The van der Waals surface area contributed by atoms with Gasteiger partial charge in [-0.2, -0.15) is 0 Å². The number of thiophene rings is 1. The highest BCUT2D eigenvalue weighted by molar-refractivity contribution is 7.12. The fourth-order valence-corrected chi connectivity index (χ4v) is 3.26. The van der Waals surface area contributed by atoms with Crippen LogP contribution in [0.3, 0.4) is 0 Å². The molecule has 2 aromatic rings. The first-order valence-electron chi connectivity index (χ1n) is 6.88. The molecule has 0 aliphatic carbocycles. The van der Waals surface area contributed by atoms with Crippen molar-refractivity contribution in [3.8, 4) is 0 Å². The van der Waals surface area contributed by atoms with E-state index in [1.807, 2.05) is 23.7 Å². The van der Waals surface area contributed by atoms with E-state index in [0.29, 0.717) is 6.04 Å². The second-order valence-electron chi connectivity index (χ2n) is 5.05. The first-order valence-corrected chi connectivity index (χ1v) is 7.70. The minimum absolute atomic E-state index is 0.374. The van der Waals surface area contributed by atoms with E-state index < -0.39 is 0 Å². The summed E-state index contributed by atoms with van der Waals surface area (Å²) in [5.74, 6) is 1.14. The first kappa shape index (κ1) is 14.3. The van der Waals surface area contributed by atoms with Crippen LogP contribution in [-0.2, 0) is 13.5 Å². The number of nitrogens with one attached hydrogen (secondary N) is 1. The topological polar surface area (TPSA) is 29.9 Å². The molecule has 1 N–H and O–H groups in total. The van der Waals surface area contributed by atoms with Gasteiger partial charge < -0.3 is 9.88 Å². The molecule has 0 aliphatic heterocycles. The zero-order valence-corrected chi connectivity index (χ0v) is 13.0. The van der Waals surface area contributed by atoms with Gasteiger partial charge in [0.1, 0.15) is 5.82 Å². The van der Waals surface area contributed by atoms with Crippen LogP contribution in [0.5, 0.6) is 0 Å². The van der Waals surface area contributed by atoms with Crippen molar-refractivity contribution < 1.29 is 0 Å². The van der Waals surface area contributed by atoms with Crippen LogP contribution in [0.2, 0.25) is 0 Å². The molecule has 2 rings (SSSR count). The third-order valence-corrected chi connectivity index (χ3v) is 4.74. The molecule has 104 valence electrons. The van der Waals surface area contributed by atoms with Crippen LogP contribution in [0.25, 0.3) is 0 Å². The van der Waals surface area contributed by atoms with Gasteiger partial charge >= 0.3 is 0 Å². The Morgan fingerprint density at radius 1 is 1.42 bits per heavy atom. The average molecular weight is 277 g/mol. The van der Waals surface area contributed by atoms with E-state index in [9.17, 15) is 0 Å². The molecule has 0 aliphatic rings. The van der Waals surface area contributed by atoms with Gasteiger partial charge in [-0.05, 0) is 38.4 Å². The molecule has 0 aromatic carbocycles. The lowest BCUT2D eigenvalue weighted by Crippen LogP contribution is -2.24. The minimum atomic E-state index is 0.374. The normalized spacial score (nSPS) is 12.8. The van der Waals surface area contributed by atoms with Gasteiger partial charge in [0, 0.05) is 41.7 Å². The van der Waals surface area contributed by atoms with Gasteiger partial charge in [0.15, 0.2) is 0 Å². The Kier molecular flexibility index (Phi) is 4.77. The lowest BCUT2D eigenvalue weighted by Gasteiger charge is -2.17. The summed E-state index contributed by atoms with van der Waals surface area (Å²) in [4.78, 5) is 7.28. The number of rotatable bonds is 6. The summed E-state index contributed by atoms with van der Waals surface area (Å²) in [7, 11) is 2.06. The highest BCUT2D eigenvalue weighted by Gasteiger charge is 2.16. The molecule has 3 nitrogen and oxygen atoms in total. The first-order chi connectivity index (χ1) is 9.11. The predicted octanol–water partition coefficient (Wildman–Crippen LogP) is 3.38. The fourth-order valence-electron chi connectivity index (χ4n) is 2.14. The molecular formula is C15H23N3S. The molecule has 0 fully saturated rings. The van der Waals surface area contributed by atoms with Crippen molar-refractivity contribution in [1.29, 1.82) is 0 Å². The van der Waals surface area contributed by atoms with Crippen molar-refractivity contribution >= 4 is 11.3 Å². The summed E-state index contributed by atoms with van der Waals surface area (Å²) < 4.78 is 2.11. The minimum Gasteiger partial charge on any atom is -0.338 e. The number of imidazole rings is 1. The van der Waals surface area contributed by atoms with Gasteiger partial charge in [-0.15, -0.1) is 11.3 Å². The Bertz CT molecular complexity index is 508. The SMILES string of the molecule is CCCNC(Cc1nccn1C)c1cc(C)c(C)s1. The van der Waals surface area contributed by atoms with Crippen molar-refractivity contribution in [1.82, 2.24) is 14.9 Å². The maximum Gasteiger partial charge on any atom is 0.110 e. The maximum atomic E-state index is 4.45. The summed E-state index contributed by atoms with van der Waals surface area (Å²) in [5, 5.41) is 3.65. The zero-order chi connectivity index (χ0) is 13.8. The lowest BCUT2D eigenvalue weighted by atomic mass is 10.1. The van der Waals surface area contributed by atoms with Crippen LogP contribution in [0, 0.1) is 13.8 Å². The molecule has 0 saturated carbocycles. The largest absolute Gasteiger partial charge is 0.338 e. The molecule has 19 heavy (non-hydrogen) atoms. The van der Waals surface area contributed by atoms with E-state index in [2.05, 4.69) is 48.8 Å². The van der Waals surface area contributed by atoms with E-state index in [-0.39, 0.29) is 0 Å². The monoisotopic (exact) mass is 277 g/mol. The number of hydrogen-bond acceptors (Lipinski definition) is 3. The Morgan fingerprint density at radius 2 is 2.21 bits per heavy atom. The van der Waals surface area contributed by atoms with Crippen LogP contribution in [0.15, 0.2) is 18.5 Å². The molecule has 1 atom stereocenters. The van der Waals surface area contributed by atoms with Crippen LogP contribution in [0.1, 0.15) is 40.5 Å². The summed E-state index contributed by atoms with van der Waals surface area (Å²) in [6, 6.07) is 2.69. The Labute approximate surface area is 119 Å². The highest BCUT2D eigenvalue weighted by atomic mass is 32.1. The number of hydrogen-bond donors (Lipinski definition) is 1. The van der Waals surface area contributed by atoms with E-state index >= 15 is 0 Å². The van der Waals surface area contributed by atoms with Crippen LogP contribution < -0.4 is 5.32 Å². The number of aryl methyl sites for hydroxylation is 3. The second-order valence-corrected chi connectivity index (χ2v) is 6.34. The van der Waals surface area contributed by atoms with Crippen molar-refractivity contribution in [2.45, 2.75) is 39.7 Å². The number of nitrogens with zero attached hydrogens (tertiary/aromatic N) is 2. The van der Waals surface area contributed by atoms with Crippen molar-refractivity contribution in [3.63, 3.8) is 0 Å². The Morgan fingerprint density at radius 3 is 2.74 bits per heavy atom. The molecule has 0 bridgehead atoms. The standard InChI is InChI=1S/C15H23N3S/c1-5-6-16-13(10-15-17-7-8-18(15)4)14-9-11(2)12(3)19-14/h7-9,13,16H,5-6,10H2,1-4H3. The molecule has 1 unspecified atom stereocenters. The number of aromatic nitrogens is 2. The summed E-state index contributed by atoms with van der Waals surface area (Å²) >= 11 is 1.90. The van der Waals surface area contributed by atoms with Crippen molar-refractivity contribution in [3.05, 3.63) is 39.6 Å². The Balaban J connectivity index is 2.18. The molecule has 0 radical (unpaired) electrons. The average Bonchev–Trinajstić information content (AvgIpc) is 2.92. The predicted molar refractivity (Wildman–Crippen MR) is 81.7 cm³/mol. The lowest BCUT2D eigenvalue weighted by molar-refractivity contribution is 0.518. The molecule has 0 spiro atoms. The molecule has 2 aromatic heterocycles. The van der Waals surface area contributed by atoms with Crippen LogP contribution in [0.4, 0.5) is 0 Å². The van der Waals surface area contributed by atoms with Crippen LogP contribution in [-0.4, -0.2) is 16.1 Å². The van der Waals surface area contributed by atoms with Gasteiger partial charge in [0.2, 0.25) is 0 Å². The van der Waals surface area contributed by atoms with E-state index in [4.69, 9.17) is 0 Å². The van der Waals surface area contributed by atoms with E-state index in [0.717, 1.165) is 25.2 Å². The van der Waals surface area contributed by atoms with Crippen molar-refractivity contribution in [2.75, 3.05) is 6.54 Å². The molecule has 4 heteroatoms. The summed E-state index contributed by atoms with van der Waals surface area (Å²) in [6.45, 7) is 7.63. The van der Waals surface area contributed by atoms with Gasteiger partial charge in [0.25, 0.3) is 0 Å². The van der Waals surface area contributed by atoms with Crippen LogP contribution >= 0.6 is 11.3 Å². The third-order valence-electron chi connectivity index (χ3n) is 3.48. The molecule has 0 amide bonds. The second kappa shape index (κ2) is 6.35. The van der Waals surface area contributed by atoms with Gasteiger partial charge in [-0.25, -0.2) is 4.98 Å². The van der Waals surface area contributed by atoms with E-state index in [1.165, 1.54) is 15.3 Å². The van der Waals surface area contributed by atoms with Gasteiger partial charge in [-0.1, -0.05) is 6.92 Å². The molecule has 0 saturated heterocycles. The Hall–Kier alpha value is -1.13. The summed E-state index contributed by atoms with van der Waals surface area (Å²) in [5.41, 5.74) is 1.39. The quantitative estimate of drug-likeness (QED) is 0.877. The maximum absolute atomic E-state index is 4.45. The summed E-state index contributed by atoms with van der Waals surface area (Å²) in [6.07, 6.45) is 5.98.